The molecule has 1 rings (SSSR count). The summed E-state index contributed by atoms with van der Waals surface area (Å²) >= 11 is 0. The predicted molar refractivity (Wildman–Crippen MR) is 77.7 cm³/mol. The molecule has 5 heteroatoms. The van der Waals surface area contributed by atoms with Gasteiger partial charge in [0.2, 0.25) is 0 Å². The lowest BCUT2D eigenvalue weighted by molar-refractivity contribution is -0.153. The molecular formula is C15H29NO4. The van der Waals surface area contributed by atoms with E-state index >= 15 is 0 Å². The van der Waals surface area contributed by atoms with Crippen LogP contribution in [-0.4, -0.2) is 51.6 Å². The van der Waals surface area contributed by atoms with Gasteiger partial charge in [-0.25, -0.2) is 4.79 Å². The van der Waals surface area contributed by atoms with Gasteiger partial charge in [0.15, 0.2) is 0 Å². The Balaban J connectivity index is 2.35. The van der Waals surface area contributed by atoms with Crippen molar-refractivity contribution in [2.45, 2.75) is 45.1 Å². The van der Waals surface area contributed by atoms with Crippen LogP contribution in [0.2, 0.25) is 0 Å². The summed E-state index contributed by atoms with van der Waals surface area (Å²) in [5, 5.41) is 3.28. The average molecular weight is 287 g/mol. The minimum Gasteiger partial charge on any atom is -0.468 e. The maximum Gasteiger partial charge on any atom is 0.328 e. The first-order valence-electron chi connectivity index (χ1n) is 7.70. The third-order valence-corrected chi connectivity index (χ3v) is 3.66. The Morgan fingerprint density at radius 2 is 1.90 bits per heavy atom. The normalized spacial score (nSPS) is 17.8. The average Bonchev–Trinajstić information content (AvgIpc) is 3.29. The van der Waals surface area contributed by atoms with Crippen LogP contribution in [0.5, 0.6) is 0 Å². The molecule has 0 amide bonds. The van der Waals surface area contributed by atoms with Gasteiger partial charge in [0.25, 0.3) is 0 Å². The van der Waals surface area contributed by atoms with E-state index in [0.717, 1.165) is 38.8 Å². The first-order chi connectivity index (χ1) is 9.71. The molecule has 1 fully saturated rings. The zero-order chi connectivity index (χ0) is 14.8. The molecule has 20 heavy (non-hydrogen) atoms. The summed E-state index contributed by atoms with van der Waals surface area (Å²) in [6.07, 6.45) is 4.32. The number of hydrogen-bond acceptors (Lipinski definition) is 5. The molecule has 0 radical (unpaired) electrons. The van der Waals surface area contributed by atoms with Gasteiger partial charge >= 0.3 is 5.97 Å². The molecule has 1 aliphatic rings. The van der Waals surface area contributed by atoms with Crippen molar-refractivity contribution in [3.63, 3.8) is 0 Å². The summed E-state index contributed by atoms with van der Waals surface area (Å²) < 4.78 is 16.1. The Bertz CT molecular complexity index is 281. The Kier molecular flexibility index (Phi) is 8.11. The maximum atomic E-state index is 12.1. The molecule has 0 aromatic carbocycles. The topological polar surface area (TPSA) is 56.8 Å². The van der Waals surface area contributed by atoms with Crippen molar-refractivity contribution in [3.8, 4) is 0 Å². The molecule has 1 atom stereocenters. The van der Waals surface area contributed by atoms with E-state index in [9.17, 15) is 4.79 Å². The molecule has 0 saturated heterocycles. The summed E-state index contributed by atoms with van der Waals surface area (Å²) in [7, 11) is 1.44. The lowest BCUT2D eigenvalue weighted by Crippen LogP contribution is -2.58. The second-order valence-electron chi connectivity index (χ2n) is 5.29. The van der Waals surface area contributed by atoms with Gasteiger partial charge in [-0.2, -0.15) is 0 Å². The highest BCUT2D eigenvalue weighted by Gasteiger charge is 2.51. The van der Waals surface area contributed by atoms with Crippen molar-refractivity contribution in [3.05, 3.63) is 0 Å². The molecule has 1 aliphatic carbocycles. The zero-order valence-electron chi connectivity index (χ0n) is 13.1. The van der Waals surface area contributed by atoms with Crippen LogP contribution in [0, 0.1) is 5.92 Å². The molecule has 0 bridgehead atoms. The lowest BCUT2D eigenvalue weighted by atomic mass is 9.94. The fraction of sp³-hybridized carbons (Fsp3) is 0.933. The van der Waals surface area contributed by atoms with Crippen LogP contribution < -0.4 is 5.32 Å². The summed E-state index contributed by atoms with van der Waals surface area (Å²) in [5.41, 5.74) is -0.674. The van der Waals surface area contributed by atoms with Crippen LogP contribution in [0.1, 0.15) is 39.5 Å². The van der Waals surface area contributed by atoms with Crippen molar-refractivity contribution >= 4 is 5.97 Å². The summed E-state index contributed by atoms with van der Waals surface area (Å²) in [4.78, 5) is 12.1. The van der Waals surface area contributed by atoms with Gasteiger partial charge in [-0.05, 0) is 31.7 Å². The minimum atomic E-state index is -0.674. The molecule has 0 aromatic rings. The predicted octanol–water partition coefficient (Wildman–Crippen LogP) is 1.75. The van der Waals surface area contributed by atoms with Crippen molar-refractivity contribution in [1.29, 1.82) is 0 Å². The summed E-state index contributed by atoms with van der Waals surface area (Å²) in [6.45, 7) is 7.08. The van der Waals surface area contributed by atoms with Crippen molar-refractivity contribution in [1.82, 2.24) is 5.32 Å². The van der Waals surface area contributed by atoms with Crippen molar-refractivity contribution in [2.75, 3.05) is 40.1 Å². The lowest BCUT2D eigenvalue weighted by Gasteiger charge is -2.31. The number of carbonyl (C=O) groups is 1. The van der Waals surface area contributed by atoms with Gasteiger partial charge in [-0.3, -0.25) is 5.32 Å². The Morgan fingerprint density at radius 3 is 2.45 bits per heavy atom. The second kappa shape index (κ2) is 9.32. The molecule has 0 spiro atoms. The SMILES string of the molecule is CCCCOCCOCC(NCC)(C(=O)OC)C1CC1. The van der Waals surface area contributed by atoms with Gasteiger partial charge in [-0.1, -0.05) is 20.3 Å². The van der Waals surface area contributed by atoms with Gasteiger partial charge in [0.05, 0.1) is 26.9 Å². The van der Waals surface area contributed by atoms with E-state index in [0.29, 0.717) is 25.7 Å². The molecule has 1 N–H and O–H groups in total. The minimum absolute atomic E-state index is 0.214. The Hall–Kier alpha value is -0.650. The van der Waals surface area contributed by atoms with Gasteiger partial charge in [0, 0.05) is 6.61 Å². The van der Waals surface area contributed by atoms with E-state index in [2.05, 4.69) is 12.2 Å². The van der Waals surface area contributed by atoms with Gasteiger partial charge < -0.3 is 14.2 Å². The molecule has 0 aromatic heterocycles. The first-order valence-corrected chi connectivity index (χ1v) is 7.70. The number of hydrogen-bond donors (Lipinski definition) is 1. The molecular weight excluding hydrogens is 258 g/mol. The summed E-state index contributed by atoms with van der Waals surface area (Å²) in [5.74, 6) is 0.115. The standard InChI is InChI=1S/C15H29NO4/c1-4-6-9-19-10-11-20-12-15(16-5-2,13-7-8-13)14(17)18-3/h13,16H,4-12H2,1-3H3. The van der Waals surface area contributed by atoms with E-state index in [1.165, 1.54) is 7.11 Å². The third-order valence-electron chi connectivity index (χ3n) is 3.66. The number of methoxy groups -OCH3 is 1. The van der Waals surface area contributed by atoms with Gasteiger partial charge in [-0.15, -0.1) is 0 Å². The third kappa shape index (κ3) is 5.04. The van der Waals surface area contributed by atoms with Crippen LogP contribution in [0.15, 0.2) is 0 Å². The molecule has 0 heterocycles. The van der Waals surface area contributed by atoms with Crippen LogP contribution in [0.3, 0.4) is 0 Å². The second-order valence-corrected chi connectivity index (χ2v) is 5.29. The number of rotatable bonds is 12. The number of unbranched alkanes of at least 4 members (excludes halogenated alkanes) is 1. The molecule has 118 valence electrons. The smallest absolute Gasteiger partial charge is 0.328 e. The highest BCUT2D eigenvalue weighted by Crippen LogP contribution is 2.40. The van der Waals surface area contributed by atoms with Crippen LogP contribution in [0.4, 0.5) is 0 Å². The monoisotopic (exact) mass is 287 g/mol. The maximum absolute atomic E-state index is 12.1. The van der Waals surface area contributed by atoms with E-state index in [1.807, 2.05) is 6.92 Å². The fourth-order valence-electron chi connectivity index (χ4n) is 2.38. The molecule has 0 aliphatic heterocycles. The first kappa shape index (κ1) is 17.4. The quantitative estimate of drug-likeness (QED) is 0.438. The largest absolute Gasteiger partial charge is 0.468 e. The van der Waals surface area contributed by atoms with Gasteiger partial charge in [0.1, 0.15) is 5.54 Å². The fourth-order valence-corrected chi connectivity index (χ4v) is 2.38. The number of likely N-dealkylation sites (N-methyl/N-ethyl adjacent to an activating group) is 1. The van der Waals surface area contributed by atoms with E-state index in [-0.39, 0.29) is 5.97 Å². The van der Waals surface area contributed by atoms with Crippen LogP contribution in [0.25, 0.3) is 0 Å². The highest BCUT2D eigenvalue weighted by atomic mass is 16.5. The zero-order valence-corrected chi connectivity index (χ0v) is 13.1. The highest BCUT2D eigenvalue weighted by molar-refractivity contribution is 5.82. The van der Waals surface area contributed by atoms with E-state index < -0.39 is 5.54 Å². The number of carbonyl (C=O) groups excluding carboxylic acids is 1. The molecule has 1 saturated carbocycles. The van der Waals surface area contributed by atoms with E-state index in [4.69, 9.17) is 14.2 Å². The number of nitrogens with one attached hydrogen (secondary N) is 1. The van der Waals surface area contributed by atoms with Crippen LogP contribution >= 0.6 is 0 Å². The van der Waals surface area contributed by atoms with Crippen LogP contribution in [-0.2, 0) is 19.0 Å². The molecule has 1 unspecified atom stereocenters. The number of esters is 1. The summed E-state index contributed by atoms with van der Waals surface area (Å²) in [6, 6.07) is 0. The Labute approximate surface area is 122 Å². The molecule has 5 nitrogen and oxygen atoms in total. The Morgan fingerprint density at radius 1 is 1.20 bits per heavy atom. The number of ether oxygens (including phenoxy) is 3. The van der Waals surface area contributed by atoms with Crippen molar-refractivity contribution < 1.29 is 19.0 Å². The van der Waals surface area contributed by atoms with E-state index in [1.54, 1.807) is 0 Å². The van der Waals surface area contributed by atoms with Crippen molar-refractivity contribution in [2.24, 2.45) is 5.92 Å².